The molecule has 0 aliphatic carbocycles. The van der Waals surface area contributed by atoms with Gasteiger partial charge in [0, 0.05) is 12.3 Å². The fourth-order valence-electron chi connectivity index (χ4n) is 2.11. The van der Waals surface area contributed by atoms with E-state index in [1.807, 2.05) is 0 Å². The summed E-state index contributed by atoms with van der Waals surface area (Å²) in [4.78, 5) is 0.304. The summed E-state index contributed by atoms with van der Waals surface area (Å²) in [6.45, 7) is 5.21. The smallest absolute Gasteiger partial charge is 0.180 e. The SMILES string of the molecule is CCCCC(CC)COCCS(=O)(=O)c1ccc(N)cc1. The Labute approximate surface area is 128 Å². The summed E-state index contributed by atoms with van der Waals surface area (Å²) in [6.07, 6.45) is 4.61. The zero-order chi connectivity index (χ0) is 15.7. The lowest BCUT2D eigenvalue weighted by molar-refractivity contribution is 0.106. The van der Waals surface area contributed by atoms with E-state index < -0.39 is 9.84 Å². The van der Waals surface area contributed by atoms with Crippen LogP contribution < -0.4 is 5.73 Å². The number of rotatable bonds is 10. The minimum atomic E-state index is -3.28. The summed E-state index contributed by atoms with van der Waals surface area (Å²) in [7, 11) is -3.28. The number of unbranched alkanes of at least 4 members (excludes halogenated alkanes) is 1. The van der Waals surface area contributed by atoms with E-state index in [0.717, 1.165) is 12.8 Å². The lowest BCUT2D eigenvalue weighted by atomic mass is 10.0. The second-order valence-electron chi connectivity index (χ2n) is 5.38. The van der Waals surface area contributed by atoms with Crippen LogP contribution in [0, 0.1) is 5.92 Å². The van der Waals surface area contributed by atoms with Gasteiger partial charge in [0.1, 0.15) is 0 Å². The number of nitrogen functional groups attached to an aromatic ring is 1. The van der Waals surface area contributed by atoms with Crippen molar-refractivity contribution in [2.24, 2.45) is 5.92 Å². The molecular formula is C16H27NO3S. The van der Waals surface area contributed by atoms with Crippen LogP contribution in [0.2, 0.25) is 0 Å². The molecule has 1 unspecified atom stereocenters. The van der Waals surface area contributed by atoms with Crippen molar-refractivity contribution in [3.8, 4) is 0 Å². The van der Waals surface area contributed by atoms with Crippen LogP contribution in [0.5, 0.6) is 0 Å². The topological polar surface area (TPSA) is 69.4 Å². The van der Waals surface area contributed by atoms with Crippen LogP contribution in [0.15, 0.2) is 29.2 Å². The van der Waals surface area contributed by atoms with Crippen molar-refractivity contribution in [3.63, 3.8) is 0 Å². The molecule has 1 aromatic carbocycles. The molecule has 0 amide bonds. The number of hydrogen-bond donors (Lipinski definition) is 1. The lowest BCUT2D eigenvalue weighted by Crippen LogP contribution is -2.16. The van der Waals surface area contributed by atoms with Crippen molar-refractivity contribution >= 4 is 15.5 Å². The predicted octanol–water partition coefficient (Wildman–Crippen LogP) is 3.28. The first kappa shape index (κ1) is 18.0. The van der Waals surface area contributed by atoms with Gasteiger partial charge in [-0.15, -0.1) is 0 Å². The first-order chi connectivity index (χ1) is 9.99. The summed E-state index contributed by atoms with van der Waals surface area (Å²) in [5.41, 5.74) is 6.12. The molecule has 4 nitrogen and oxygen atoms in total. The third-order valence-electron chi connectivity index (χ3n) is 3.63. The van der Waals surface area contributed by atoms with E-state index in [9.17, 15) is 8.42 Å². The number of nitrogens with two attached hydrogens (primary N) is 1. The Hall–Kier alpha value is -1.07. The van der Waals surface area contributed by atoms with Gasteiger partial charge in [-0.25, -0.2) is 8.42 Å². The molecule has 0 radical (unpaired) electrons. The molecule has 1 aromatic rings. The Kier molecular flexibility index (Phi) is 7.75. The number of hydrogen-bond acceptors (Lipinski definition) is 4. The summed E-state index contributed by atoms with van der Waals surface area (Å²) < 4.78 is 29.8. The highest BCUT2D eigenvalue weighted by atomic mass is 32.2. The van der Waals surface area contributed by atoms with Gasteiger partial charge in [-0.3, -0.25) is 0 Å². The minimum absolute atomic E-state index is 0.0150. The molecule has 0 saturated carbocycles. The van der Waals surface area contributed by atoms with Gasteiger partial charge in [-0.2, -0.15) is 0 Å². The van der Waals surface area contributed by atoms with E-state index in [-0.39, 0.29) is 12.4 Å². The summed E-state index contributed by atoms with van der Waals surface area (Å²) in [5, 5.41) is 0. The molecule has 1 rings (SSSR count). The quantitative estimate of drug-likeness (QED) is 0.531. The Morgan fingerprint density at radius 1 is 1.19 bits per heavy atom. The van der Waals surface area contributed by atoms with Crippen molar-refractivity contribution in [2.45, 2.75) is 44.4 Å². The first-order valence-electron chi connectivity index (χ1n) is 7.65. The highest BCUT2D eigenvalue weighted by molar-refractivity contribution is 7.91. The highest BCUT2D eigenvalue weighted by Crippen LogP contribution is 2.15. The van der Waals surface area contributed by atoms with Gasteiger partial charge in [0.25, 0.3) is 0 Å². The fourth-order valence-corrected chi connectivity index (χ4v) is 3.23. The second kappa shape index (κ2) is 9.05. The molecular weight excluding hydrogens is 286 g/mol. The van der Waals surface area contributed by atoms with E-state index in [1.54, 1.807) is 24.3 Å². The van der Waals surface area contributed by atoms with Gasteiger partial charge in [0.15, 0.2) is 9.84 Å². The Balaban J connectivity index is 2.38. The molecule has 0 spiro atoms. The van der Waals surface area contributed by atoms with Gasteiger partial charge >= 0.3 is 0 Å². The molecule has 0 aliphatic heterocycles. The molecule has 0 saturated heterocycles. The van der Waals surface area contributed by atoms with E-state index >= 15 is 0 Å². The molecule has 120 valence electrons. The number of ether oxygens (including phenoxy) is 1. The largest absolute Gasteiger partial charge is 0.399 e. The lowest BCUT2D eigenvalue weighted by Gasteiger charge is -2.14. The van der Waals surface area contributed by atoms with E-state index in [2.05, 4.69) is 13.8 Å². The summed E-state index contributed by atoms with van der Waals surface area (Å²) in [6, 6.07) is 6.29. The first-order valence-corrected chi connectivity index (χ1v) is 9.30. The van der Waals surface area contributed by atoms with E-state index in [0.29, 0.717) is 23.1 Å². The summed E-state index contributed by atoms with van der Waals surface area (Å²) in [5.74, 6) is 0.547. The molecule has 0 bridgehead atoms. The second-order valence-corrected chi connectivity index (χ2v) is 7.49. The van der Waals surface area contributed by atoms with Crippen LogP contribution in [-0.4, -0.2) is 27.4 Å². The molecule has 0 aliphatic rings. The van der Waals surface area contributed by atoms with Crippen LogP contribution in [-0.2, 0) is 14.6 Å². The normalized spacial score (nSPS) is 13.2. The molecule has 0 heterocycles. The monoisotopic (exact) mass is 313 g/mol. The zero-order valence-electron chi connectivity index (χ0n) is 13.0. The maximum atomic E-state index is 12.1. The van der Waals surface area contributed by atoms with Gasteiger partial charge in [-0.05, 0) is 36.6 Å². The minimum Gasteiger partial charge on any atom is -0.399 e. The van der Waals surface area contributed by atoms with E-state index in [4.69, 9.17) is 10.5 Å². The predicted molar refractivity (Wildman–Crippen MR) is 87.0 cm³/mol. The Bertz CT molecular complexity index is 497. The number of sulfone groups is 1. The van der Waals surface area contributed by atoms with Crippen molar-refractivity contribution in [2.75, 3.05) is 24.7 Å². The van der Waals surface area contributed by atoms with E-state index in [1.165, 1.54) is 12.8 Å². The maximum Gasteiger partial charge on any atom is 0.180 e. The standard InChI is InChI=1S/C16H27NO3S/c1-3-5-6-14(4-2)13-20-11-12-21(18,19)16-9-7-15(17)8-10-16/h7-10,14H,3-6,11-13,17H2,1-2H3. The van der Waals surface area contributed by atoms with Crippen molar-refractivity contribution in [3.05, 3.63) is 24.3 Å². The molecule has 0 aromatic heterocycles. The van der Waals surface area contributed by atoms with Crippen LogP contribution in [0.25, 0.3) is 0 Å². The summed E-state index contributed by atoms with van der Waals surface area (Å²) >= 11 is 0. The fraction of sp³-hybridized carbons (Fsp3) is 0.625. The van der Waals surface area contributed by atoms with Gasteiger partial charge < -0.3 is 10.5 Å². The van der Waals surface area contributed by atoms with Gasteiger partial charge in [0.05, 0.1) is 17.3 Å². The van der Waals surface area contributed by atoms with Crippen molar-refractivity contribution in [1.29, 1.82) is 0 Å². The van der Waals surface area contributed by atoms with Crippen LogP contribution in [0.3, 0.4) is 0 Å². The third kappa shape index (κ3) is 6.48. The van der Waals surface area contributed by atoms with Crippen LogP contribution >= 0.6 is 0 Å². The molecule has 1 atom stereocenters. The maximum absolute atomic E-state index is 12.1. The molecule has 5 heteroatoms. The van der Waals surface area contributed by atoms with Gasteiger partial charge in [-0.1, -0.05) is 33.1 Å². The van der Waals surface area contributed by atoms with Crippen molar-refractivity contribution in [1.82, 2.24) is 0 Å². The highest BCUT2D eigenvalue weighted by Gasteiger charge is 2.14. The third-order valence-corrected chi connectivity index (χ3v) is 5.33. The number of benzene rings is 1. The average Bonchev–Trinajstić information content (AvgIpc) is 2.47. The molecule has 2 N–H and O–H groups in total. The van der Waals surface area contributed by atoms with Crippen LogP contribution in [0.1, 0.15) is 39.5 Å². The average molecular weight is 313 g/mol. The Morgan fingerprint density at radius 3 is 2.43 bits per heavy atom. The van der Waals surface area contributed by atoms with Crippen LogP contribution in [0.4, 0.5) is 5.69 Å². The number of anilines is 1. The molecule has 21 heavy (non-hydrogen) atoms. The zero-order valence-corrected chi connectivity index (χ0v) is 13.9. The van der Waals surface area contributed by atoms with Crippen molar-refractivity contribution < 1.29 is 13.2 Å². The molecule has 0 fully saturated rings. The Morgan fingerprint density at radius 2 is 1.86 bits per heavy atom. The van der Waals surface area contributed by atoms with Gasteiger partial charge in [0.2, 0.25) is 0 Å².